The van der Waals surface area contributed by atoms with Crippen molar-refractivity contribution in [1.82, 2.24) is 4.57 Å². The maximum Gasteiger partial charge on any atom is 0.0728 e. The summed E-state index contributed by atoms with van der Waals surface area (Å²) in [7, 11) is 0. The summed E-state index contributed by atoms with van der Waals surface area (Å²) in [6, 6.07) is 45.9. The first-order chi connectivity index (χ1) is 22.1. The number of hydrogen-bond acceptors (Lipinski definition) is 2. The van der Waals surface area contributed by atoms with Crippen molar-refractivity contribution < 1.29 is 0 Å². The average Bonchev–Trinajstić information content (AvgIpc) is 3.39. The van der Waals surface area contributed by atoms with E-state index >= 15 is 0 Å². The van der Waals surface area contributed by atoms with Crippen molar-refractivity contribution in [2.75, 3.05) is 0 Å². The summed E-state index contributed by atoms with van der Waals surface area (Å²) in [5, 5.41) is 5.85. The van der Waals surface area contributed by atoms with E-state index in [-0.39, 0.29) is 0 Å². The average molecular weight is 614 g/mol. The Morgan fingerprint density at radius 2 is 1.16 bits per heavy atom. The number of para-hydroxylation sites is 2. The molecule has 0 bridgehead atoms. The van der Waals surface area contributed by atoms with Crippen LogP contribution in [-0.4, -0.2) is 4.57 Å². The van der Waals surface area contributed by atoms with Crippen LogP contribution in [0.15, 0.2) is 178 Å². The van der Waals surface area contributed by atoms with Gasteiger partial charge in [-0.05, 0) is 82.8 Å². The van der Waals surface area contributed by atoms with Crippen molar-refractivity contribution in [3.8, 4) is 5.69 Å². The molecule has 0 fully saturated rings. The maximum absolute atomic E-state index is 4.87. The second-order valence-corrected chi connectivity index (χ2v) is 13.6. The van der Waals surface area contributed by atoms with Gasteiger partial charge >= 0.3 is 0 Å². The van der Waals surface area contributed by atoms with Crippen LogP contribution in [0.4, 0.5) is 0 Å². The fourth-order valence-corrected chi connectivity index (χ4v) is 9.13. The van der Waals surface area contributed by atoms with Crippen molar-refractivity contribution in [3.63, 3.8) is 0 Å². The Morgan fingerprint density at radius 3 is 1.84 bits per heavy atom. The lowest BCUT2D eigenvalue weighted by molar-refractivity contribution is 0.688. The lowest BCUT2D eigenvalue weighted by Crippen LogP contribution is -2.35. The lowest BCUT2D eigenvalue weighted by Gasteiger charge is -2.43. The predicted molar refractivity (Wildman–Crippen MR) is 193 cm³/mol. The third kappa shape index (κ3) is 4.34. The predicted octanol–water partition coefficient (Wildman–Crippen LogP) is 9.81. The van der Waals surface area contributed by atoms with Crippen LogP contribution in [0.1, 0.15) is 23.6 Å². The van der Waals surface area contributed by atoms with Crippen molar-refractivity contribution in [1.29, 1.82) is 0 Å². The lowest BCUT2D eigenvalue weighted by atomic mass is 9.64. The van der Waals surface area contributed by atoms with Crippen LogP contribution in [-0.2, 0) is 5.41 Å². The van der Waals surface area contributed by atoms with E-state index in [1.807, 2.05) is 11.8 Å². The van der Waals surface area contributed by atoms with E-state index in [4.69, 9.17) is 6.58 Å². The third-order valence-electron chi connectivity index (χ3n) is 9.05. The maximum atomic E-state index is 4.87. The molecule has 6 aromatic rings. The van der Waals surface area contributed by atoms with Crippen LogP contribution in [0.25, 0.3) is 28.1 Å². The molecule has 3 heterocycles. The van der Waals surface area contributed by atoms with Crippen molar-refractivity contribution in [2.45, 2.75) is 27.0 Å². The summed E-state index contributed by atoms with van der Waals surface area (Å²) in [5.74, 6) is 0. The highest BCUT2D eigenvalue weighted by Crippen LogP contribution is 2.57. The Kier molecular flexibility index (Phi) is 6.82. The molecule has 0 amide bonds. The van der Waals surface area contributed by atoms with E-state index in [2.05, 4.69) is 163 Å². The second kappa shape index (κ2) is 11.0. The first kappa shape index (κ1) is 27.8. The molecule has 0 saturated carbocycles. The molecule has 2 aliphatic rings. The summed E-state index contributed by atoms with van der Waals surface area (Å²) in [4.78, 5) is 3.73. The molecule has 3 heteroatoms. The van der Waals surface area contributed by atoms with Gasteiger partial charge in [-0.2, -0.15) is 0 Å². The zero-order valence-corrected chi connectivity index (χ0v) is 26.7. The van der Waals surface area contributed by atoms with Gasteiger partial charge in [-0.3, -0.25) is 0 Å². The summed E-state index contributed by atoms with van der Waals surface area (Å²) in [6.07, 6.45) is 4.53. The Balaban J connectivity index is 1.51. The zero-order valence-electron chi connectivity index (χ0n) is 25.0. The first-order valence-corrected chi connectivity index (χ1v) is 16.8. The van der Waals surface area contributed by atoms with E-state index in [1.165, 1.54) is 47.5 Å². The number of fused-ring (bicyclic) bond motifs is 9. The van der Waals surface area contributed by atoms with Gasteiger partial charge in [-0.15, -0.1) is 0 Å². The van der Waals surface area contributed by atoms with Gasteiger partial charge in [0.05, 0.1) is 16.3 Å². The second-order valence-electron chi connectivity index (χ2n) is 11.6. The van der Waals surface area contributed by atoms with Crippen LogP contribution in [0.5, 0.6) is 0 Å². The zero-order chi connectivity index (χ0) is 30.5. The number of allylic oxidation sites excluding steroid dienone is 4. The summed E-state index contributed by atoms with van der Waals surface area (Å²) < 4.78 is 2.38. The van der Waals surface area contributed by atoms with Gasteiger partial charge in [0, 0.05) is 36.4 Å². The highest BCUT2D eigenvalue weighted by Gasteiger charge is 2.45. The molecule has 8 rings (SSSR count). The van der Waals surface area contributed by atoms with E-state index < -0.39 is 5.41 Å². The van der Waals surface area contributed by atoms with Crippen molar-refractivity contribution in [3.05, 3.63) is 191 Å². The van der Waals surface area contributed by atoms with Gasteiger partial charge in [0.25, 0.3) is 0 Å². The largest absolute Gasteiger partial charge is 0.309 e. The number of nitrogens with zero attached hydrogens (tertiary/aromatic N) is 1. The molecular formula is C42H31NS2. The molecule has 0 aliphatic carbocycles. The number of thioether (sulfide) groups is 1. The topological polar surface area (TPSA) is 4.93 Å². The Bertz CT molecular complexity index is 2280. The molecule has 45 heavy (non-hydrogen) atoms. The van der Waals surface area contributed by atoms with Crippen LogP contribution in [0, 0.1) is 0 Å². The molecule has 0 radical (unpaired) electrons. The molecule has 0 atom stereocenters. The number of rotatable bonds is 1. The van der Waals surface area contributed by atoms with Gasteiger partial charge in [0.1, 0.15) is 0 Å². The van der Waals surface area contributed by atoms with Crippen molar-refractivity contribution in [2.24, 2.45) is 0 Å². The Morgan fingerprint density at radius 1 is 0.600 bits per heavy atom. The SMILES string of the molecule is C=C1/C=c2\c(n(-c3ccccc3)c3ccccc23)=C/Sc2ccccc2C2(C(=C)/C=C/1C)c1ccccc1Sc1ccccc12. The quantitative estimate of drug-likeness (QED) is 0.182. The van der Waals surface area contributed by atoms with Gasteiger partial charge in [0.2, 0.25) is 0 Å². The van der Waals surface area contributed by atoms with E-state index in [0.29, 0.717) is 0 Å². The van der Waals surface area contributed by atoms with Gasteiger partial charge < -0.3 is 4.57 Å². The summed E-state index contributed by atoms with van der Waals surface area (Å²) in [5.41, 5.74) is 8.61. The standard InChI is InChI=1S/C42H31NS2/c1-28-25-30(3)42(35-19-9-13-23-40(35)45-41-24-14-10-20-36(41)42)34-18-8-12-22-39(34)44-27-38-33(26-29(28)2)32-17-7-11-21-37(32)43(38)31-15-5-4-6-16-31/h4-27H,2-3H2,1H3/b28-25+,33-26-,38-27+. The summed E-state index contributed by atoms with van der Waals surface area (Å²) >= 11 is 3.63. The molecule has 216 valence electrons. The van der Waals surface area contributed by atoms with Crippen LogP contribution in [0.3, 0.4) is 0 Å². The highest BCUT2D eigenvalue weighted by molar-refractivity contribution is 8.06. The third-order valence-corrected chi connectivity index (χ3v) is 11.2. The fourth-order valence-electron chi connectivity index (χ4n) is 6.96. The molecule has 0 saturated heterocycles. The monoisotopic (exact) mass is 613 g/mol. The molecule has 0 N–H and O–H groups in total. The van der Waals surface area contributed by atoms with E-state index in [1.54, 1.807) is 11.8 Å². The van der Waals surface area contributed by atoms with Crippen LogP contribution in [0.2, 0.25) is 0 Å². The minimum absolute atomic E-state index is 0.578. The molecule has 1 aromatic heterocycles. The molecule has 1 nitrogen and oxygen atoms in total. The molecule has 2 aliphatic heterocycles. The molecule has 1 spiro atoms. The number of benzene rings is 5. The molecular weight excluding hydrogens is 583 g/mol. The van der Waals surface area contributed by atoms with Gasteiger partial charge in [-0.25, -0.2) is 0 Å². The molecule has 0 unspecified atom stereocenters. The Hall–Kier alpha value is -4.70. The van der Waals surface area contributed by atoms with Gasteiger partial charge in [-0.1, -0.05) is 134 Å². The Labute approximate surface area is 272 Å². The smallest absolute Gasteiger partial charge is 0.0728 e. The fraction of sp³-hybridized carbons (Fsp3) is 0.0476. The van der Waals surface area contributed by atoms with E-state index in [9.17, 15) is 0 Å². The molecule has 5 aromatic carbocycles. The first-order valence-electron chi connectivity index (χ1n) is 15.1. The number of aromatic nitrogens is 1. The summed E-state index contributed by atoms with van der Waals surface area (Å²) in [6.45, 7) is 11.7. The van der Waals surface area contributed by atoms with Gasteiger partial charge in [0.15, 0.2) is 0 Å². The van der Waals surface area contributed by atoms with Crippen molar-refractivity contribution >= 4 is 45.9 Å². The highest BCUT2D eigenvalue weighted by atomic mass is 32.2. The van der Waals surface area contributed by atoms with E-state index in [0.717, 1.165) is 27.8 Å². The van der Waals surface area contributed by atoms with Crippen LogP contribution < -0.4 is 10.6 Å². The minimum Gasteiger partial charge on any atom is -0.309 e. The van der Waals surface area contributed by atoms with Crippen LogP contribution >= 0.6 is 23.5 Å². The minimum atomic E-state index is -0.578. The number of hydrogen-bond donors (Lipinski definition) is 0. The normalized spacial score (nSPS) is 18.0.